The second-order valence-corrected chi connectivity index (χ2v) is 9.51. The monoisotopic (exact) mass is 312 g/mol. The number of rotatable bonds is 1. The fourth-order valence-electron chi connectivity index (χ4n) is 7.56. The van der Waals surface area contributed by atoms with Gasteiger partial charge in [-0.05, 0) is 85.5 Å². The van der Waals surface area contributed by atoms with E-state index in [1.807, 2.05) is 6.08 Å². The van der Waals surface area contributed by atoms with Crippen LogP contribution in [0.5, 0.6) is 0 Å². The van der Waals surface area contributed by atoms with Gasteiger partial charge in [0.1, 0.15) is 5.78 Å². The van der Waals surface area contributed by atoms with Gasteiger partial charge in [-0.25, -0.2) is 0 Å². The van der Waals surface area contributed by atoms with Crippen LogP contribution in [0.4, 0.5) is 0 Å². The summed E-state index contributed by atoms with van der Waals surface area (Å²) in [5.74, 6) is 3.84. The largest absolute Gasteiger partial charge is 0.299 e. The van der Waals surface area contributed by atoms with E-state index >= 15 is 0 Å². The zero-order valence-corrected chi connectivity index (χ0v) is 14.9. The standard InChI is InChI=1S/C22H32O/c1-4-6-16-18-9-8-15-17-7-5-12-21(17,2)13-10-19(15)22(18,3)14-11-20(16)23/h6,15-19H,1,5,7-14H2,2-3H3/t15-,16?,17-,18?,19-,21-,22-/m0/s1. The Balaban J connectivity index is 1.67. The van der Waals surface area contributed by atoms with E-state index in [0.717, 1.165) is 30.6 Å². The third-order valence-corrected chi connectivity index (χ3v) is 8.74. The van der Waals surface area contributed by atoms with Crippen molar-refractivity contribution in [3.05, 3.63) is 18.4 Å². The number of hydrogen-bond acceptors (Lipinski definition) is 1. The lowest BCUT2D eigenvalue weighted by atomic mass is 9.44. The van der Waals surface area contributed by atoms with E-state index in [2.05, 4.69) is 26.2 Å². The minimum Gasteiger partial charge on any atom is -0.299 e. The maximum atomic E-state index is 12.5. The minimum absolute atomic E-state index is 0.101. The Morgan fingerprint density at radius 2 is 1.87 bits per heavy atom. The van der Waals surface area contributed by atoms with Gasteiger partial charge in [-0.1, -0.05) is 26.8 Å². The van der Waals surface area contributed by atoms with E-state index in [-0.39, 0.29) is 5.92 Å². The van der Waals surface area contributed by atoms with Gasteiger partial charge in [-0.3, -0.25) is 4.79 Å². The summed E-state index contributed by atoms with van der Waals surface area (Å²) < 4.78 is 0. The summed E-state index contributed by atoms with van der Waals surface area (Å²) in [4.78, 5) is 12.5. The van der Waals surface area contributed by atoms with Gasteiger partial charge in [0.05, 0.1) is 0 Å². The van der Waals surface area contributed by atoms with Gasteiger partial charge in [-0.2, -0.15) is 0 Å². The summed E-state index contributed by atoms with van der Waals surface area (Å²) in [7, 11) is 0. The van der Waals surface area contributed by atoms with E-state index in [0.29, 0.717) is 22.5 Å². The zero-order valence-electron chi connectivity index (χ0n) is 14.9. The molecule has 0 bridgehead atoms. The minimum atomic E-state index is 0.101. The first-order valence-electron chi connectivity index (χ1n) is 9.88. The van der Waals surface area contributed by atoms with Crippen LogP contribution in [0.15, 0.2) is 18.4 Å². The van der Waals surface area contributed by atoms with Crippen LogP contribution in [0.1, 0.15) is 71.6 Å². The molecule has 0 heterocycles. The first-order valence-corrected chi connectivity index (χ1v) is 9.88. The molecule has 0 N–H and O–H groups in total. The first kappa shape index (κ1) is 15.7. The van der Waals surface area contributed by atoms with Crippen molar-refractivity contribution in [3.8, 4) is 0 Å². The molecule has 1 nitrogen and oxygen atoms in total. The maximum absolute atomic E-state index is 12.5. The molecule has 4 aliphatic carbocycles. The Morgan fingerprint density at radius 3 is 2.65 bits per heavy atom. The second-order valence-electron chi connectivity index (χ2n) is 9.51. The molecule has 4 aliphatic rings. The number of hydrogen-bond donors (Lipinski definition) is 0. The maximum Gasteiger partial charge on any atom is 0.140 e. The van der Waals surface area contributed by atoms with Crippen molar-refractivity contribution in [2.75, 3.05) is 0 Å². The molecule has 0 amide bonds. The van der Waals surface area contributed by atoms with Crippen LogP contribution in [0.2, 0.25) is 0 Å². The van der Waals surface area contributed by atoms with Gasteiger partial charge >= 0.3 is 0 Å². The third-order valence-electron chi connectivity index (χ3n) is 8.74. The topological polar surface area (TPSA) is 17.1 Å². The lowest BCUT2D eigenvalue weighted by Gasteiger charge is -2.60. The molecule has 4 rings (SSSR count). The highest BCUT2D eigenvalue weighted by molar-refractivity contribution is 5.84. The average Bonchev–Trinajstić information content (AvgIpc) is 2.92. The van der Waals surface area contributed by atoms with Gasteiger partial charge in [-0.15, -0.1) is 5.73 Å². The quantitative estimate of drug-likeness (QED) is 0.580. The highest BCUT2D eigenvalue weighted by atomic mass is 16.1. The number of Topliss-reactive ketones (excluding diaryl/α,β-unsaturated/α-hetero) is 1. The molecule has 0 spiro atoms. The van der Waals surface area contributed by atoms with Gasteiger partial charge in [0, 0.05) is 12.3 Å². The molecular formula is C22H32O. The van der Waals surface area contributed by atoms with Crippen molar-refractivity contribution < 1.29 is 4.79 Å². The SMILES string of the molecule is C=C=CC1C(=O)CC[C@@]2(C)C1CC[C@H]1[C@@H]3CCC[C@@]3(C)CC[C@@H]12. The number of allylic oxidation sites excluding steroid dienone is 1. The van der Waals surface area contributed by atoms with Crippen LogP contribution in [-0.2, 0) is 4.79 Å². The smallest absolute Gasteiger partial charge is 0.140 e. The Kier molecular flexibility index (Phi) is 3.65. The van der Waals surface area contributed by atoms with Crippen LogP contribution in [0, 0.1) is 40.4 Å². The molecular weight excluding hydrogens is 280 g/mol. The van der Waals surface area contributed by atoms with Crippen molar-refractivity contribution >= 4 is 5.78 Å². The lowest BCUT2D eigenvalue weighted by molar-refractivity contribution is -0.145. The predicted octanol–water partition coefficient (Wildman–Crippen LogP) is 5.56. The van der Waals surface area contributed by atoms with Crippen molar-refractivity contribution in [2.24, 2.45) is 40.4 Å². The van der Waals surface area contributed by atoms with E-state index in [4.69, 9.17) is 0 Å². The molecule has 0 aromatic carbocycles. The highest BCUT2D eigenvalue weighted by Gasteiger charge is 2.59. The Hall–Kier alpha value is -0.810. The molecule has 23 heavy (non-hydrogen) atoms. The van der Waals surface area contributed by atoms with Crippen molar-refractivity contribution in [1.82, 2.24) is 0 Å². The molecule has 2 unspecified atom stereocenters. The number of fused-ring (bicyclic) bond motifs is 5. The summed E-state index contributed by atoms with van der Waals surface area (Å²) in [5.41, 5.74) is 3.95. The molecule has 0 aliphatic heterocycles. The Morgan fingerprint density at radius 1 is 1.04 bits per heavy atom. The summed E-state index contributed by atoms with van der Waals surface area (Å²) in [6.45, 7) is 8.85. The van der Waals surface area contributed by atoms with E-state index in [1.54, 1.807) is 0 Å². The summed E-state index contributed by atoms with van der Waals surface area (Å²) >= 11 is 0. The fraction of sp³-hybridized carbons (Fsp3) is 0.818. The first-order chi connectivity index (χ1) is 11.0. The molecule has 1 heteroatoms. The molecule has 4 saturated carbocycles. The summed E-state index contributed by atoms with van der Waals surface area (Å²) in [5, 5.41) is 0. The van der Waals surface area contributed by atoms with Crippen LogP contribution in [0.25, 0.3) is 0 Å². The Labute approximate surface area is 141 Å². The number of carbonyl (C=O) groups is 1. The summed E-state index contributed by atoms with van der Waals surface area (Å²) in [6, 6.07) is 0. The predicted molar refractivity (Wildman–Crippen MR) is 93.9 cm³/mol. The normalized spacial score (nSPS) is 52.1. The van der Waals surface area contributed by atoms with Crippen LogP contribution in [0.3, 0.4) is 0 Å². The van der Waals surface area contributed by atoms with Crippen molar-refractivity contribution in [1.29, 1.82) is 0 Å². The van der Waals surface area contributed by atoms with Gasteiger partial charge in [0.2, 0.25) is 0 Å². The zero-order chi connectivity index (χ0) is 16.2. The van der Waals surface area contributed by atoms with Gasteiger partial charge < -0.3 is 0 Å². The molecule has 0 radical (unpaired) electrons. The molecule has 126 valence electrons. The van der Waals surface area contributed by atoms with Crippen LogP contribution in [-0.4, -0.2) is 5.78 Å². The van der Waals surface area contributed by atoms with E-state index < -0.39 is 0 Å². The highest BCUT2D eigenvalue weighted by Crippen LogP contribution is 2.66. The molecule has 0 saturated heterocycles. The van der Waals surface area contributed by atoms with E-state index in [9.17, 15) is 4.79 Å². The van der Waals surface area contributed by atoms with Crippen LogP contribution < -0.4 is 0 Å². The van der Waals surface area contributed by atoms with E-state index in [1.165, 1.54) is 44.9 Å². The average molecular weight is 312 g/mol. The molecule has 4 fully saturated rings. The van der Waals surface area contributed by atoms with Crippen molar-refractivity contribution in [2.45, 2.75) is 71.6 Å². The number of carbonyl (C=O) groups excluding carboxylic acids is 1. The summed E-state index contributed by atoms with van der Waals surface area (Å²) in [6.07, 6.45) is 13.7. The molecule has 0 aromatic heterocycles. The van der Waals surface area contributed by atoms with Gasteiger partial charge in [0.25, 0.3) is 0 Å². The number of ketones is 1. The van der Waals surface area contributed by atoms with Gasteiger partial charge in [0.15, 0.2) is 0 Å². The molecule has 7 atom stereocenters. The second kappa shape index (κ2) is 5.35. The fourth-order valence-corrected chi connectivity index (χ4v) is 7.56. The van der Waals surface area contributed by atoms with Crippen LogP contribution >= 0.6 is 0 Å². The Bertz CT molecular complexity index is 556. The lowest BCUT2D eigenvalue weighted by Crippen LogP contribution is -2.55. The third kappa shape index (κ3) is 2.15. The molecule has 0 aromatic rings. The van der Waals surface area contributed by atoms with Crippen molar-refractivity contribution in [3.63, 3.8) is 0 Å².